The number of aromatic nitrogens is 1. The summed E-state index contributed by atoms with van der Waals surface area (Å²) in [7, 11) is 0. The SMILES string of the molecule is CC1(C)CCC(NC(=O)c2cccnc2)CC1. The van der Waals surface area contributed by atoms with E-state index < -0.39 is 0 Å². The number of hydrogen-bond donors (Lipinski definition) is 1. The maximum Gasteiger partial charge on any atom is 0.253 e. The van der Waals surface area contributed by atoms with Crippen LogP contribution in [0.4, 0.5) is 0 Å². The second-order valence-corrected chi connectivity index (χ2v) is 5.65. The number of hydrogen-bond acceptors (Lipinski definition) is 2. The number of nitrogens with zero attached hydrogens (tertiary/aromatic N) is 1. The van der Waals surface area contributed by atoms with Crippen molar-refractivity contribution in [3.63, 3.8) is 0 Å². The quantitative estimate of drug-likeness (QED) is 0.852. The molecule has 1 heterocycles. The van der Waals surface area contributed by atoms with Gasteiger partial charge >= 0.3 is 0 Å². The zero-order valence-electron chi connectivity index (χ0n) is 10.6. The Labute approximate surface area is 103 Å². The summed E-state index contributed by atoms with van der Waals surface area (Å²) < 4.78 is 0. The first-order chi connectivity index (χ1) is 8.07. The van der Waals surface area contributed by atoms with E-state index in [1.165, 1.54) is 12.8 Å². The second-order valence-electron chi connectivity index (χ2n) is 5.65. The van der Waals surface area contributed by atoms with Crippen LogP contribution < -0.4 is 5.32 Å². The first-order valence-corrected chi connectivity index (χ1v) is 6.28. The van der Waals surface area contributed by atoms with E-state index in [9.17, 15) is 4.79 Å². The van der Waals surface area contributed by atoms with Crippen molar-refractivity contribution in [1.82, 2.24) is 10.3 Å². The van der Waals surface area contributed by atoms with Gasteiger partial charge in [-0.15, -0.1) is 0 Å². The molecule has 0 radical (unpaired) electrons. The second kappa shape index (κ2) is 4.86. The first kappa shape index (κ1) is 12.1. The van der Waals surface area contributed by atoms with E-state index >= 15 is 0 Å². The summed E-state index contributed by atoms with van der Waals surface area (Å²) in [5, 5.41) is 3.09. The molecular weight excluding hydrogens is 212 g/mol. The fourth-order valence-electron chi connectivity index (χ4n) is 2.31. The summed E-state index contributed by atoms with van der Waals surface area (Å²) in [6, 6.07) is 3.92. The third kappa shape index (κ3) is 3.29. The van der Waals surface area contributed by atoms with Crippen molar-refractivity contribution < 1.29 is 4.79 Å². The van der Waals surface area contributed by atoms with Gasteiger partial charge in [-0.3, -0.25) is 9.78 Å². The molecule has 0 saturated heterocycles. The molecule has 0 unspecified atom stereocenters. The summed E-state index contributed by atoms with van der Waals surface area (Å²) in [6.07, 6.45) is 7.83. The van der Waals surface area contributed by atoms with Gasteiger partial charge in [0.1, 0.15) is 0 Å². The van der Waals surface area contributed by atoms with Crippen LogP contribution in [0.25, 0.3) is 0 Å². The number of amides is 1. The molecule has 1 saturated carbocycles. The van der Waals surface area contributed by atoms with Crippen molar-refractivity contribution in [3.8, 4) is 0 Å². The van der Waals surface area contributed by atoms with Gasteiger partial charge in [0.2, 0.25) is 0 Å². The normalized spacial score (nSPS) is 19.9. The molecule has 1 aliphatic carbocycles. The molecule has 1 aromatic rings. The lowest BCUT2D eigenvalue weighted by molar-refractivity contribution is 0.0908. The number of nitrogens with one attached hydrogen (secondary N) is 1. The van der Waals surface area contributed by atoms with E-state index in [1.54, 1.807) is 24.5 Å². The van der Waals surface area contributed by atoms with Crippen molar-refractivity contribution in [2.75, 3.05) is 0 Å². The van der Waals surface area contributed by atoms with E-state index in [0.717, 1.165) is 12.8 Å². The summed E-state index contributed by atoms with van der Waals surface area (Å²) in [4.78, 5) is 15.9. The van der Waals surface area contributed by atoms with Gasteiger partial charge in [-0.05, 0) is 43.2 Å². The number of carbonyl (C=O) groups is 1. The third-order valence-corrected chi connectivity index (χ3v) is 3.60. The predicted molar refractivity (Wildman–Crippen MR) is 67.7 cm³/mol. The Kier molecular flexibility index (Phi) is 3.46. The molecule has 3 heteroatoms. The van der Waals surface area contributed by atoms with E-state index in [1.807, 2.05) is 0 Å². The van der Waals surface area contributed by atoms with Crippen LogP contribution in [0.2, 0.25) is 0 Å². The van der Waals surface area contributed by atoms with Gasteiger partial charge in [0.25, 0.3) is 5.91 Å². The van der Waals surface area contributed by atoms with Crippen molar-refractivity contribution >= 4 is 5.91 Å². The molecule has 1 aromatic heterocycles. The topological polar surface area (TPSA) is 42.0 Å². The highest BCUT2D eigenvalue weighted by Crippen LogP contribution is 2.34. The summed E-state index contributed by atoms with van der Waals surface area (Å²) >= 11 is 0. The molecule has 1 fully saturated rings. The molecule has 1 aliphatic rings. The minimum absolute atomic E-state index is 0.00260. The molecule has 0 aliphatic heterocycles. The zero-order valence-corrected chi connectivity index (χ0v) is 10.6. The van der Waals surface area contributed by atoms with E-state index in [4.69, 9.17) is 0 Å². The van der Waals surface area contributed by atoms with Crippen LogP contribution in [0, 0.1) is 5.41 Å². The maximum absolute atomic E-state index is 11.9. The molecule has 92 valence electrons. The number of rotatable bonds is 2. The average molecular weight is 232 g/mol. The highest BCUT2D eigenvalue weighted by Gasteiger charge is 2.27. The lowest BCUT2D eigenvalue weighted by atomic mass is 9.75. The Morgan fingerprint density at radius 2 is 2.12 bits per heavy atom. The van der Waals surface area contributed by atoms with E-state index in [2.05, 4.69) is 24.1 Å². The van der Waals surface area contributed by atoms with Gasteiger partial charge in [0.05, 0.1) is 5.56 Å². The number of carbonyl (C=O) groups excluding carboxylic acids is 1. The molecular formula is C14H20N2O. The molecule has 1 N–H and O–H groups in total. The van der Waals surface area contributed by atoms with Crippen LogP contribution in [0.15, 0.2) is 24.5 Å². The fourth-order valence-corrected chi connectivity index (χ4v) is 2.31. The van der Waals surface area contributed by atoms with Crippen LogP contribution in [0.5, 0.6) is 0 Å². The molecule has 3 nitrogen and oxygen atoms in total. The fraction of sp³-hybridized carbons (Fsp3) is 0.571. The smallest absolute Gasteiger partial charge is 0.253 e. The van der Waals surface area contributed by atoms with Crippen LogP contribution >= 0.6 is 0 Å². The Bertz CT molecular complexity index is 376. The summed E-state index contributed by atoms with van der Waals surface area (Å²) in [5.41, 5.74) is 1.09. The largest absolute Gasteiger partial charge is 0.349 e. The summed E-state index contributed by atoms with van der Waals surface area (Å²) in [6.45, 7) is 4.60. The standard InChI is InChI=1S/C14H20N2O/c1-14(2)7-5-12(6-8-14)16-13(17)11-4-3-9-15-10-11/h3-4,9-10,12H,5-8H2,1-2H3,(H,16,17). The molecule has 0 bridgehead atoms. The Hall–Kier alpha value is -1.38. The van der Waals surface area contributed by atoms with Crippen molar-refractivity contribution in [1.29, 1.82) is 0 Å². The molecule has 1 amide bonds. The van der Waals surface area contributed by atoms with Crippen molar-refractivity contribution in [2.45, 2.75) is 45.6 Å². The monoisotopic (exact) mass is 232 g/mol. The predicted octanol–water partition coefficient (Wildman–Crippen LogP) is 2.78. The van der Waals surface area contributed by atoms with Crippen LogP contribution in [-0.4, -0.2) is 16.9 Å². The highest BCUT2D eigenvalue weighted by molar-refractivity contribution is 5.93. The Morgan fingerprint density at radius 1 is 1.41 bits per heavy atom. The minimum Gasteiger partial charge on any atom is -0.349 e. The van der Waals surface area contributed by atoms with Crippen LogP contribution in [-0.2, 0) is 0 Å². The van der Waals surface area contributed by atoms with Gasteiger partial charge in [0, 0.05) is 18.4 Å². The lowest BCUT2D eigenvalue weighted by Gasteiger charge is -2.34. The van der Waals surface area contributed by atoms with E-state index in [0.29, 0.717) is 17.0 Å². The lowest BCUT2D eigenvalue weighted by Crippen LogP contribution is -2.39. The van der Waals surface area contributed by atoms with E-state index in [-0.39, 0.29) is 5.91 Å². The van der Waals surface area contributed by atoms with Gasteiger partial charge in [-0.1, -0.05) is 13.8 Å². The first-order valence-electron chi connectivity index (χ1n) is 6.28. The maximum atomic E-state index is 11.9. The van der Waals surface area contributed by atoms with Crippen molar-refractivity contribution in [3.05, 3.63) is 30.1 Å². The number of pyridine rings is 1. The molecule has 2 rings (SSSR count). The van der Waals surface area contributed by atoms with Gasteiger partial charge in [-0.2, -0.15) is 0 Å². The minimum atomic E-state index is 0.00260. The molecule has 17 heavy (non-hydrogen) atoms. The average Bonchev–Trinajstić information content (AvgIpc) is 2.33. The molecule has 0 aromatic carbocycles. The third-order valence-electron chi connectivity index (χ3n) is 3.60. The molecule has 0 spiro atoms. The molecule has 0 atom stereocenters. The van der Waals surface area contributed by atoms with Gasteiger partial charge < -0.3 is 5.32 Å². The van der Waals surface area contributed by atoms with Gasteiger partial charge in [0.15, 0.2) is 0 Å². The highest BCUT2D eigenvalue weighted by atomic mass is 16.1. The Balaban J connectivity index is 1.89. The summed E-state index contributed by atoms with van der Waals surface area (Å²) in [5.74, 6) is 0.00260. The van der Waals surface area contributed by atoms with Crippen molar-refractivity contribution in [2.24, 2.45) is 5.41 Å². The zero-order chi connectivity index (χ0) is 12.3. The van der Waals surface area contributed by atoms with Crippen LogP contribution in [0.1, 0.15) is 49.9 Å². The van der Waals surface area contributed by atoms with Gasteiger partial charge in [-0.25, -0.2) is 0 Å². The Morgan fingerprint density at radius 3 is 2.71 bits per heavy atom. The van der Waals surface area contributed by atoms with Crippen LogP contribution in [0.3, 0.4) is 0 Å².